The van der Waals surface area contributed by atoms with Crippen molar-refractivity contribution in [1.82, 2.24) is 14.7 Å². The summed E-state index contributed by atoms with van der Waals surface area (Å²) < 4.78 is 1.84. The Bertz CT molecular complexity index is 990. The van der Waals surface area contributed by atoms with E-state index in [2.05, 4.69) is 31.2 Å². The van der Waals surface area contributed by atoms with E-state index < -0.39 is 6.10 Å². The van der Waals surface area contributed by atoms with Gasteiger partial charge in [-0.15, -0.1) is 0 Å². The minimum Gasteiger partial charge on any atom is -0.391 e. The smallest absolute Gasteiger partial charge is 0.257 e. The molecule has 0 aliphatic carbocycles. The number of hydrogen-bond acceptors (Lipinski definition) is 3. The number of aliphatic hydroxyl groups is 1. The fraction of sp³-hybridized carbons (Fsp3) is 0.333. The Balaban J connectivity index is 1.69. The van der Waals surface area contributed by atoms with E-state index in [9.17, 15) is 9.90 Å². The van der Waals surface area contributed by atoms with Crippen molar-refractivity contribution in [2.75, 3.05) is 13.1 Å². The predicted octanol–water partition coefficient (Wildman–Crippen LogP) is 3.81. The Morgan fingerprint density at radius 1 is 1.07 bits per heavy atom. The van der Waals surface area contributed by atoms with E-state index in [1.807, 2.05) is 42.1 Å². The largest absolute Gasteiger partial charge is 0.391 e. The molecule has 1 saturated heterocycles. The zero-order chi connectivity index (χ0) is 20.4. The average molecular weight is 389 g/mol. The van der Waals surface area contributed by atoms with Gasteiger partial charge in [-0.25, -0.2) is 0 Å². The van der Waals surface area contributed by atoms with Crippen LogP contribution in [0, 0.1) is 13.8 Å². The van der Waals surface area contributed by atoms with E-state index in [1.54, 1.807) is 4.90 Å². The van der Waals surface area contributed by atoms with E-state index in [1.165, 1.54) is 11.1 Å². The highest BCUT2D eigenvalue weighted by molar-refractivity contribution is 5.99. The van der Waals surface area contributed by atoms with Gasteiger partial charge >= 0.3 is 0 Å². The van der Waals surface area contributed by atoms with Gasteiger partial charge < -0.3 is 10.0 Å². The number of carbonyl (C=O) groups excluding carboxylic acids is 1. The van der Waals surface area contributed by atoms with Gasteiger partial charge in [-0.1, -0.05) is 59.7 Å². The van der Waals surface area contributed by atoms with Gasteiger partial charge in [0.1, 0.15) is 5.69 Å². The summed E-state index contributed by atoms with van der Waals surface area (Å²) >= 11 is 0. The molecule has 1 aliphatic rings. The lowest BCUT2D eigenvalue weighted by molar-refractivity contribution is 0.0474. The van der Waals surface area contributed by atoms with Gasteiger partial charge in [0.05, 0.1) is 18.2 Å². The minimum atomic E-state index is -0.446. The summed E-state index contributed by atoms with van der Waals surface area (Å²) in [5.41, 5.74) is 5.74. The maximum atomic E-state index is 13.3. The lowest BCUT2D eigenvalue weighted by Crippen LogP contribution is -2.42. The van der Waals surface area contributed by atoms with Gasteiger partial charge in [0, 0.05) is 24.8 Å². The fourth-order valence-electron chi connectivity index (χ4n) is 3.77. The van der Waals surface area contributed by atoms with Crippen molar-refractivity contribution in [2.24, 2.45) is 0 Å². The lowest BCUT2D eigenvalue weighted by atomic mass is 10.0. The number of likely N-dealkylation sites (tertiary alicyclic amines) is 1. The highest BCUT2D eigenvalue weighted by Gasteiger charge is 2.27. The second kappa shape index (κ2) is 8.21. The number of carbonyl (C=O) groups is 1. The maximum Gasteiger partial charge on any atom is 0.257 e. The van der Waals surface area contributed by atoms with Crippen LogP contribution in [0.1, 0.15) is 39.9 Å². The normalized spacial score (nSPS) is 16.8. The first-order valence-corrected chi connectivity index (χ1v) is 10.2. The second-order valence-corrected chi connectivity index (χ2v) is 7.99. The highest BCUT2D eigenvalue weighted by Crippen LogP contribution is 2.25. The SMILES string of the molecule is Cc1ccc(Cn2cc(C(=O)N3CCCC(O)C3)c(-c3ccc(C)cc3)n2)cc1. The molecule has 0 radical (unpaired) electrons. The third-order valence-corrected chi connectivity index (χ3v) is 5.47. The van der Waals surface area contributed by atoms with Crippen LogP contribution in [0.5, 0.6) is 0 Å². The highest BCUT2D eigenvalue weighted by atomic mass is 16.3. The quantitative estimate of drug-likeness (QED) is 0.738. The molecule has 1 atom stereocenters. The molecule has 1 aromatic heterocycles. The average Bonchev–Trinajstić information content (AvgIpc) is 3.13. The van der Waals surface area contributed by atoms with Crippen LogP contribution in [0.25, 0.3) is 11.3 Å². The zero-order valence-electron chi connectivity index (χ0n) is 17.0. The van der Waals surface area contributed by atoms with E-state index in [4.69, 9.17) is 5.10 Å². The van der Waals surface area contributed by atoms with Crippen molar-refractivity contribution in [1.29, 1.82) is 0 Å². The van der Waals surface area contributed by atoms with Crippen molar-refractivity contribution in [3.63, 3.8) is 0 Å². The number of β-amino-alcohol motifs (C(OH)–C–C–N with tert-alkyl or cyclic N) is 1. The number of hydrogen-bond donors (Lipinski definition) is 1. The molecular formula is C24H27N3O2. The monoisotopic (exact) mass is 389 g/mol. The molecule has 2 aromatic carbocycles. The summed E-state index contributed by atoms with van der Waals surface area (Å²) in [7, 11) is 0. The summed E-state index contributed by atoms with van der Waals surface area (Å²) in [4.78, 5) is 15.0. The molecule has 0 spiro atoms. The number of aryl methyl sites for hydroxylation is 2. The van der Waals surface area contributed by atoms with Crippen LogP contribution >= 0.6 is 0 Å². The lowest BCUT2D eigenvalue weighted by Gasteiger charge is -2.30. The molecule has 5 heteroatoms. The molecule has 29 heavy (non-hydrogen) atoms. The molecule has 1 fully saturated rings. The molecule has 2 heterocycles. The first-order chi connectivity index (χ1) is 14.0. The van der Waals surface area contributed by atoms with Crippen molar-refractivity contribution >= 4 is 5.91 Å². The van der Waals surface area contributed by atoms with E-state index in [-0.39, 0.29) is 5.91 Å². The van der Waals surface area contributed by atoms with Gasteiger partial charge in [0.15, 0.2) is 0 Å². The van der Waals surface area contributed by atoms with Gasteiger partial charge in [-0.2, -0.15) is 5.10 Å². The number of rotatable bonds is 4. The van der Waals surface area contributed by atoms with Gasteiger partial charge in [0.2, 0.25) is 0 Å². The summed E-state index contributed by atoms with van der Waals surface area (Å²) in [6, 6.07) is 16.4. The molecule has 5 nitrogen and oxygen atoms in total. The van der Waals surface area contributed by atoms with Gasteiger partial charge in [0.25, 0.3) is 5.91 Å². The van der Waals surface area contributed by atoms with Crippen molar-refractivity contribution in [3.05, 3.63) is 77.0 Å². The van der Waals surface area contributed by atoms with Crippen LogP contribution < -0.4 is 0 Å². The zero-order valence-corrected chi connectivity index (χ0v) is 17.0. The summed E-state index contributed by atoms with van der Waals surface area (Å²) in [5.74, 6) is -0.0607. The Labute approximate surface area is 171 Å². The first kappa shape index (κ1) is 19.4. The van der Waals surface area contributed by atoms with E-state index >= 15 is 0 Å². The van der Waals surface area contributed by atoms with Crippen LogP contribution in [-0.4, -0.2) is 44.9 Å². The van der Waals surface area contributed by atoms with Crippen molar-refractivity contribution in [2.45, 2.75) is 39.3 Å². The standard InChI is InChI=1S/C24H27N3O2/c1-17-5-9-19(10-6-17)14-27-16-22(24(29)26-13-3-4-21(28)15-26)23(25-27)20-11-7-18(2)8-12-20/h5-12,16,21,28H,3-4,13-15H2,1-2H3. The van der Waals surface area contributed by atoms with Crippen molar-refractivity contribution < 1.29 is 9.90 Å². The third kappa shape index (κ3) is 4.40. The van der Waals surface area contributed by atoms with Gasteiger partial charge in [-0.05, 0) is 32.3 Å². The number of amides is 1. The van der Waals surface area contributed by atoms with Crippen LogP contribution in [-0.2, 0) is 6.54 Å². The molecule has 1 aliphatic heterocycles. The van der Waals surface area contributed by atoms with Crippen LogP contribution in [0.4, 0.5) is 0 Å². The molecular weight excluding hydrogens is 362 g/mol. The maximum absolute atomic E-state index is 13.3. The summed E-state index contributed by atoms with van der Waals surface area (Å²) in [6.45, 7) is 5.77. The van der Waals surface area contributed by atoms with Crippen LogP contribution in [0.3, 0.4) is 0 Å². The molecule has 3 aromatic rings. The molecule has 0 bridgehead atoms. The Hall–Kier alpha value is -2.92. The fourth-order valence-corrected chi connectivity index (χ4v) is 3.77. The van der Waals surface area contributed by atoms with Gasteiger partial charge in [-0.3, -0.25) is 9.48 Å². The number of aliphatic hydroxyl groups excluding tert-OH is 1. The number of aromatic nitrogens is 2. The molecule has 0 saturated carbocycles. The van der Waals surface area contributed by atoms with E-state index in [0.29, 0.717) is 30.9 Å². The van der Waals surface area contributed by atoms with Crippen molar-refractivity contribution in [3.8, 4) is 11.3 Å². The Kier molecular flexibility index (Phi) is 5.49. The van der Waals surface area contributed by atoms with Crippen LogP contribution in [0.15, 0.2) is 54.7 Å². The summed E-state index contributed by atoms with van der Waals surface area (Å²) in [6.07, 6.45) is 2.97. The number of benzene rings is 2. The Morgan fingerprint density at radius 2 is 1.72 bits per heavy atom. The Morgan fingerprint density at radius 3 is 2.38 bits per heavy atom. The third-order valence-electron chi connectivity index (χ3n) is 5.47. The predicted molar refractivity (Wildman–Crippen MR) is 114 cm³/mol. The second-order valence-electron chi connectivity index (χ2n) is 7.99. The molecule has 1 unspecified atom stereocenters. The number of piperidine rings is 1. The first-order valence-electron chi connectivity index (χ1n) is 10.2. The molecule has 1 amide bonds. The minimum absolute atomic E-state index is 0.0607. The number of nitrogens with zero attached hydrogens (tertiary/aromatic N) is 3. The summed E-state index contributed by atoms with van der Waals surface area (Å²) in [5, 5.41) is 14.8. The molecule has 1 N–H and O–H groups in total. The topological polar surface area (TPSA) is 58.4 Å². The van der Waals surface area contributed by atoms with E-state index in [0.717, 1.165) is 24.0 Å². The molecule has 4 rings (SSSR count). The molecule has 150 valence electrons. The van der Waals surface area contributed by atoms with Crippen LogP contribution in [0.2, 0.25) is 0 Å².